The number of nitrogens with zero attached hydrogens (tertiary/aromatic N) is 3. The zero-order chi connectivity index (χ0) is 17.8. The molecule has 1 aromatic carbocycles. The van der Waals surface area contributed by atoms with Crippen LogP contribution in [0.15, 0.2) is 52.2 Å². The van der Waals surface area contributed by atoms with Gasteiger partial charge in [0, 0.05) is 7.05 Å². The van der Waals surface area contributed by atoms with Crippen LogP contribution in [0.1, 0.15) is 6.92 Å². The molecular weight excluding hydrogens is 340 g/mol. The van der Waals surface area contributed by atoms with E-state index in [4.69, 9.17) is 9.15 Å². The second kappa shape index (κ2) is 7.43. The number of nitrogens with one attached hydrogen (secondary N) is 1. The highest BCUT2D eigenvalue weighted by Gasteiger charge is 2.21. The second-order valence-corrected chi connectivity index (χ2v) is 6.60. The van der Waals surface area contributed by atoms with Crippen molar-refractivity contribution < 1.29 is 13.9 Å². The van der Waals surface area contributed by atoms with Crippen molar-refractivity contribution in [2.45, 2.75) is 17.3 Å². The first-order chi connectivity index (χ1) is 12.1. The maximum absolute atomic E-state index is 12.5. The molecule has 0 spiro atoms. The number of methoxy groups -OCH3 is 1. The van der Waals surface area contributed by atoms with Gasteiger partial charge in [-0.25, -0.2) is 0 Å². The Balaban J connectivity index is 1.70. The Labute approximate surface area is 149 Å². The Morgan fingerprint density at radius 1 is 1.28 bits per heavy atom. The number of amides is 1. The minimum atomic E-state index is -0.364. The number of furan rings is 1. The van der Waals surface area contributed by atoms with E-state index in [9.17, 15) is 4.79 Å². The molecule has 0 saturated carbocycles. The zero-order valence-electron chi connectivity index (χ0n) is 14.1. The minimum Gasteiger partial charge on any atom is -0.495 e. The van der Waals surface area contributed by atoms with Crippen LogP contribution in [0.5, 0.6) is 5.75 Å². The van der Waals surface area contributed by atoms with Gasteiger partial charge in [0.25, 0.3) is 0 Å². The summed E-state index contributed by atoms with van der Waals surface area (Å²) in [5, 5.41) is 11.4. The first-order valence-corrected chi connectivity index (χ1v) is 8.52. The lowest BCUT2D eigenvalue weighted by atomic mass is 10.3. The van der Waals surface area contributed by atoms with E-state index < -0.39 is 0 Å². The average molecular weight is 358 g/mol. The van der Waals surface area contributed by atoms with E-state index in [0.717, 1.165) is 0 Å². The number of rotatable bonds is 6. The quantitative estimate of drug-likeness (QED) is 0.682. The van der Waals surface area contributed by atoms with Gasteiger partial charge in [-0.2, -0.15) is 0 Å². The normalized spacial score (nSPS) is 12.0. The molecule has 0 radical (unpaired) electrons. The van der Waals surface area contributed by atoms with Crippen LogP contribution in [-0.4, -0.2) is 33.0 Å². The molecule has 25 heavy (non-hydrogen) atoms. The molecule has 0 aliphatic heterocycles. The Hall–Kier alpha value is -2.74. The van der Waals surface area contributed by atoms with Crippen molar-refractivity contribution in [2.75, 3.05) is 12.4 Å². The van der Waals surface area contributed by atoms with Crippen LogP contribution in [-0.2, 0) is 11.8 Å². The Bertz CT molecular complexity index is 861. The molecule has 7 nitrogen and oxygen atoms in total. The van der Waals surface area contributed by atoms with Crippen LogP contribution in [0.2, 0.25) is 0 Å². The van der Waals surface area contributed by atoms with Gasteiger partial charge in [-0.05, 0) is 31.2 Å². The molecule has 2 heterocycles. The van der Waals surface area contributed by atoms with Crippen molar-refractivity contribution in [1.29, 1.82) is 0 Å². The number of aromatic nitrogens is 3. The van der Waals surface area contributed by atoms with Crippen molar-refractivity contribution >= 4 is 23.4 Å². The number of ether oxygens (including phenoxy) is 1. The number of thioether (sulfide) groups is 1. The number of para-hydroxylation sites is 2. The maximum atomic E-state index is 12.5. The van der Waals surface area contributed by atoms with E-state index in [1.54, 1.807) is 36.1 Å². The van der Waals surface area contributed by atoms with Crippen molar-refractivity contribution in [3.05, 3.63) is 42.7 Å². The van der Waals surface area contributed by atoms with Gasteiger partial charge < -0.3 is 19.0 Å². The molecule has 0 saturated heterocycles. The summed E-state index contributed by atoms with van der Waals surface area (Å²) in [7, 11) is 3.41. The van der Waals surface area contributed by atoms with Crippen LogP contribution in [0.25, 0.3) is 11.6 Å². The molecule has 8 heteroatoms. The van der Waals surface area contributed by atoms with Gasteiger partial charge >= 0.3 is 0 Å². The van der Waals surface area contributed by atoms with E-state index in [0.29, 0.717) is 28.2 Å². The monoisotopic (exact) mass is 358 g/mol. The van der Waals surface area contributed by atoms with E-state index in [-0.39, 0.29) is 11.2 Å². The number of hydrogen-bond acceptors (Lipinski definition) is 6. The second-order valence-electron chi connectivity index (χ2n) is 5.29. The van der Waals surface area contributed by atoms with Crippen LogP contribution < -0.4 is 10.1 Å². The fourth-order valence-electron chi connectivity index (χ4n) is 2.23. The number of carbonyl (C=O) groups excluding carboxylic acids is 1. The highest BCUT2D eigenvalue weighted by molar-refractivity contribution is 8.00. The lowest BCUT2D eigenvalue weighted by Gasteiger charge is -2.13. The van der Waals surface area contributed by atoms with Crippen molar-refractivity contribution in [3.8, 4) is 17.3 Å². The lowest BCUT2D eigenvalue weighted by Crippen LogP contribution is -2.23. The maximum Gasteiger partial charge on any atom is 0.237 e. The summed E-state index contributed by atoms with van der Waals surface area (Å²) >= 11 is 1.32. The molecule has 130 valence electrons. The van der Waals surface area contributed by atoms with Gasteiger partial charge in [0.1, 0.15) is 5.75 Å². The SMILES string of the molecule is COc1ccccc1NC(=O)C(C)Sc1nnc(-c2ccco2)n1C. The molecule has 0 bridgehead atoms. The number of carbonyl (C=O) groups is 1. The van der Waals surface area contributed by atoms with Gasteiger partial charge in [0.05, 0.1) is 24.3 Å². The smallest absolute Gasteiger partial charge is 0.237 e. The number of anilines is 1. The highest BCUT2D eigenvalue weighted by atomic mass is 32.2. The zero-order valence-corrected chi connectivity index (χ0v) is 14.9. The van der Waals surface area contributed by atoms with E-state index >= 15 is 0 Å². The molecule has 1 N–H and O–H groups in total. The van der Waals surface area contributed by atoms with Crippen LogP contribution in [0.4, 0.5) is 5.69 Å². The summed E-state index contributed by atoms with van der Waals surface area (Å²) in [5.74, 6) is 1.72. The van der Waals surface area contributed by atoms with Crippen LogP contribution in [0, 0.1) is 0 Å². The molecular formula is C17H18N4O3S. The first kappa shape index (κ1) is 17.1. The standard InChI is InChI=1S/C17H18N4O3S/c1-11(16(22)18-12-7-4-5-8-13(12)23-3)25-17-20-19-15(21(17)2)14-9-6-10-24-14/h4-11H,1-3H3,(H,18,22). The van der Waals surface area contributed by atoms with Gasteiger partial charge in [-0.1, -0.05) is 23.9 Å². The fraction of sp³-hybridized carbons (Fsp3) is 0.235. The van der Waals surface area contributed by atoms with Gasteiger partial charge in [0.15, 0.2) is 16.7 Å². The Morgan fingerprint density at radius 3 is 2.80 bits per heavy atom. The Morgan fingerprint density at radius 2 is 2.08 bits per heavy atom. The third kappa shape index (κ3) is 3.69. The molecule has 3 rings (SSSR count). The average Bonchev–Trinajstić information content (AvgIpc) is 3.26. The van der Waals surface area contributed by atoms with Gasteiger partial charge in [0.2, 0.25) is 5.91 Å². The summed E-state index contributed by atoms with van der Waals surface area (Å²) in [6.45, 7) is 1.82. The molecule has 1 atom stereocenters. The number of benzene rings is 1. The predicted octanol–water partition coefficient (Wildman–Crippen LogP) is 3.20. The van der Waals surface area contributed by atoms with Crippen molar-refractivity contribution in [1.82, 2.24) is 14.8 Å². The Kier molecular flexibility index (Phi) is 5.08. The van der Waals surface area contributed by atoms with Crippen LogP contribution >= 0.6 is 11.8 Å². The third-order valence-corrected chi connectivity index (χ3v) is 4.73. The molecule has 1 unspecified atom stereocenters. The minimum absolute atomic E-state index is 0.142. The van der Waals surface area contributed by atoms with Gasteiger partial charge in [-0.3, -0.25) is 4.79 Å². The first-order valence-electron chi connectivity index (χ1n) is 7.64. The molecule has 0 aliphatic rings. The van der Waals surface area contributed by atoms with Crippen LogP contribution in [0.3, 0.4) is 0 Å². The van der Waals surface area contributed by atoms with E-state index in [1.165, 1.54) is 11.8 Å². The van der Waals surface area contributed by atoms with E-state index in [2.05, 4.69) is 15.5 Å². The lowest BCUT2D eigenvalue weighted by molar-refractivity contribution is -0.115. The summed E-state index contributed by atoms with van der Waals surface area (Å²) in [4.78, 5) is 12.5. The molecule has 0 fully saturated rings. The number of hydrogen-bond donors (Lipinski definition) is 1. The van der Waals surface area contributed by atoms with E-state index in [1.807, 2.05) is 32.2 Å². The van der Waals surface area contributed by atoms with Crippen molar-refractivity contribution in [3.63, 3.8) is 0 Å². The topological polar surface area (TPSA) is 82.2 Å². The summed E-state index contributed by atoms with van der Waals surface area (Å²) in [6, 6.07) is 10.9. The molecule has 0 aliphatic carbocycles. The summed E-state index contributed by atoms with van der Waals surface area (Å²) in [6.07, 6.45) is 1.58. The molecule has 2 aromatic heterocycles. The highest BCUT2D eigenvalue weighted by Crippen LogP contribution is 2.28. The molecule has 3 aromatic rings. The third-order valence-electron chi connectivity index (χ3n) is 3.59. The summed E-state index contributed by atoms with van der Waals surface area (Å²) < 4.78 is 12.4. The fourth-order valence-corrected chi connectivity index (χ4v) is 3.05. The van der Waals surface area contributed by atoms with Crippen molar-refractivity contribution in [2.24, 2.45) is 7.05 Å². The molecule has 1 amide bonds. The predicted molar refractivity (Wildman–Crippen MR) is 95.6 cm³/mol. The summed E-state index contributed by atoms with van der Waals surface area (Å²) in [5.41, 5.74) is 0.636. The van der Waals surface area contributed by atoms with Gasteiger partial charge in [-0.15, -0.1) is 10.2 Å². The largest absolute Gasteiger partial charge is 0.495 e.